The molecule has 2 atom stereocenters. The minimum atomic E-state index is -4.90. The summed E-state index contributed by atoms with van der Waals surface area (Å²) in [5.41, 5.74) is 2.07. The quantitative estimate of drug-likeness (QED) is 0.802. The van der Waals surface area contributed by atoms with Gasteiger partial charge in [-0.25, -0.2) is 0 Å². The number of hydrogen-bond donors (Lipinski definition) is 1. The van der Waals surface area contributed by atoms with Crippen molar-refractivity contribution in [1.82, 2.24) is 5.32 Å². The zero-order chi connectivity index (χ0) is 19.9. The molecule has 1 saturated heterocycles. The molecular weight excluding hydrogens is 371 g/mol. The fourth-order valence-corrected chi connectivity index (χ4v) is 3.82. The molecule has 5 nitrogen and oxygen atoms in total. The normalized spacial score (nSPS) is 20.6. The van der Waals surface area contributed by atoms with Crippen LogP contribution in [0, 0.1) is 11.3 Å². The number of nitrogens with one attached hydrogen (secondary N) is 1. The first kappa shape index (κ1) is 18.2. The molecule has 1 N–H and O–H groups in total. The summed E-state index contributed by atoms with van der Waals surface area (Å²) in [6.07, 6.45) is -4.20. The van der Waals surface area contributed by atoms with Crippen LogP contribution in [0.3, 0.4) is 0 Å². The zero-order valence-electron chi connectivity index (χ0n) is 14.7. The summed E-state index contributed by atoms with van der Waals surface area (Å²) in [6.45, 7) is 0.448. The Morgan fingerprint density at radius 1 is 1.21 bits per heavy atom. The highest BCUT2D eigenvalue weighted by Crippen LogP contribution is 2.47. The van der Waals surface area contributed by atoms with Gasteiger partial charge in [-0.05, 0) is 31.0 Å². The number of rotatable bonds is 1. The number of hydrogen-bond acceptors (Lipinski definition) is 4. The number of piperidine rings is 1. The van der Waals surface area contributed by atoms with Crippen molar-refractivity contribution in [2.24, 2.45) is 0 Å². The summed E-state index contributed by atoms with van der Waals surface area (Å²) < 4.78 is 44.0. The van der Waals surface area contributed by atoms with Gasteiger partial charge in [-0.15, -0.1) is 0 Å². The first-order valence-corrected chi connectivity index (χ1v) is 8.82. The van der Waals surface area contributed by atoms with Crippen LogP contribution >= 0.6 is 0 Å². The van der Waals surface area contributed by atoms with Crippen molar-refractivity contribution >= 4 is 11.6 Å². The Morgan fingerprint density at radius 3 is 2.75 bits per heavy atom. The van der Waals surface area contributed by atoms with E-state index in [2.05, 4.69) is 16.3 Å². The molecule has 0 aliphatic carbocycles. The van der Waals surface area contributed by atoms with Crippen LogP contribution in [0.15, 0.2) is 42.5 Å². The van der Waals surface area contributed by atoms with Crippen LogP contribution in [-0.4, -0.2) is 24.7 Å². The number of carbonyl (C=O) groups is 1. The second-order valence-corrected chi connectivity index (χ2v) is 6.84. The second-order valence-electron chi connectivity index (χ2n) is 6.84. The minimum absolute atomic E-state index is 0.252. The van der Waals surface area contributed by atoms with Gasteiger partial charge in [-0.1, -0.05) is 18.2 Å². The van der Waals surface area contributed by atoms with Gasteiger partial charge in [0.25, 0.3) is 0 Å². The monoisotopic (exact) mass is 387 g/mol. The first-order chi connectivity index (χ1) is 13.4. The lowest BCUT2D eigenvalue weighted by atomic mass is 9.90. The summed E-state index contributed by atoms with van der Waals surface area (Å²) in [6, 6.07) is 13.7. The predicted molar refractivity (Wildman–Crippen MR) is 95.0 cm³/mol. The van der Waals surface area contributed by atoms with Crippen molar-refractivity contribution < 1.29 is 22.7 Å². The molecular formula is C20H16F3N3O2. The van der Waals surface area contributed by atoms with Crippen LogP contribution in [0.2, 0.25) is 0 Å². The number of fused-ring (bicyclic) bond motifs is 5. The van der Waals surface area contributed by atoms with Gasteiger partial charge < -0.3 is 15.0 Å². The van der Waals surface area contributed by atoms with Gasteiger partial charge in [0.1, 0.15) is 5.75 Å². The van der Waals surface area contributed by atoms with Gasteiger partial charge in [0.2, 0.25) is 0 Å². The van der Waals surface area contributed by atoms with Crippen LogP contribution in [0.4, 0.5) is 18.9 Å². The standard InChI is InChI=1S/C20H16F3N3O2/c21-20(22,23)19(27)25-13-7-8-26-15-6-5-12(11-24)9-18(15)28-17-4-2-1-3-14(17)16(26)10-13/h1-6,9,13,16H,7-8,10H2,(H,25,27)/t13-,16-/m1/s1. The highest BCUT2D eigenvalue weighted by molar-refractivity contribution is 5.82. The molecule has 2 aliphatic heterocycles. The third-order valence-corrected chi connectivity index (χ3v) is 5.09. The lowest BCUT2D eigenvalue weighted by molar-refractivity contribution is -0.174. The van der Waals surface area contributed by atoms with Crippen LogP contribution in [0.1, 0.15) is 30.0 Å². The number of anilines is 1. The molecule has 0 radical (unpaired) electrons. The summed E-state index contributed by atoms with van der Waals surface area (Å²) >= 11 is 0. The van der Waals surface area contributed by atoms with Crippen LogP contribution in [0.5, 0.6) is 11.5 Å². The third kappa shape index (κ3) is 3.24. The molecule has 0 spiro atoms. The first-order valence-electron chi connectivity index (χ1n) is 8.82. The second kappa shape index (κ2) is 6.75. The molecule has 8 heteroatoms. The van der Waals surface area contributed by atoms with E-state index in [1.807, 2.05) is 18.2 Å². The van der Waals surface area contributed by atoms with Gasteiger partial charge in [-0.3, -0.25) is 4.79 Å². The number of halogens is 3. The van der Waals surface area contributed by atoms with Crippen molar-refractivity contribution in [3.63, 3.8) is 0 Å². The Labute approximate surface area is 159 Å². The van der Waals surface area contributed by atoms with E-state index in [1.54, 1.807) is 24.3 Å². The smallest absolute Gasteiger partial charge is 0.455 e. The predicted octanol–water partition coefficient (Wildman–Crippen LogP) is 4.05. The molecule has 4 rings (SSSR count). The number of benzene rings is 2. The molecule has 2 aromatic rings. The fourth-order valence-electron chi connectivity index (χ4n) is 3.82. The maximum Gasteiger partial charge on any atom is 0.471 e. The van der Waals surface area contributed by atoms with Gasteiger partial charge in [-0.2, -0.15) is 18.4 Å². The van der Waals surface area contributed by atoms with E-state index in [0.29, 0.717) is 36.4 Å². The van der Waals surface area contributed by atoms with Crippen molar-refractivity contribution in [2.75, 3.05) is 11.4 Å². The van der Waals surface area contributed by atoms with Gasteiger partial charge in [0, 0.05) is 24.2 Å². The molecule has 1 amide bonds. The number of ether oxygens (including phenoxy) is 1. The topological polar surface area (TPSA) is 65.4 Å². The van der Waals surface area contributed by atoms with Crippen molar-refractivity contribution in [2.45, 2.75) is 31.1 Å². The van der Waals surface area contributed by atoms with Crippen LogP contribution < -0.4 is 15.0 Å². The average Bonchev–Trinajstić information content (AvgIpc) is 2.81. The zero-order valence-corrected chi connectivity index (χ0v) is 14.7. The molecule has 0 saturated carbocycles. The van der Waals surface area contributed by atoms with Gasteiger partial charge in [0.15, 0.2) is 5.75 Å². The highest BCUT2D eigenvalue weighted by atomic mass is 19.4. The molecule has 0 unspecified atom stereocenters. The summed E-state index contributed by atoms with van der Waals surface area (Å²) in [5, 5.41) is 11.3. The van der Waals surface area contributed by atoms with Crippen LogP contribution in [-0.2, 0) is 4.79 Å². The van der Waals surface area contributed by atoms with E-state index in [1.165, 1.54) is 0 Å². The SMILES string of the molecule is N#Cc1ccc2c(c1)Oc1ccccc1[C@H]1C[C@H](NC(=O)C(F)(F)F)CCN21. The Morgan fingerprint density at radius 2 is 2.00 bits per heavy atom. The lowest BCUT2D eigenvalue weighted by Crippen LogP contribution is -2.49. The third-order valence-electron chi connectivity index (χ3n) is 5.09. The lowest BCUT2D eigenvalue weighted by Gasteiger charge is -2.40. The van der Waals surface area contributed by atoms with Crippen LogP contribution in [0.25, 0.3) is 0 Å². The molecule has 144 valence electrons. The van der Waals surface area contributed by atoms with Gasteiger partial charge in [0.05, 0.1) is 23.4 Å². The van der Waals surface area contributed by atoms with E-state index >= 15 is 0 Å². The Bertz CT molecular complexity index is 968. The number of nitrogens with zero attached hydrogens (tertiary/aromatic N) is 2. The molecule has 2 heterocycles. The van der Waals surface area contributed by atoms with E-state index in [4.69, 9.17) is 4.74 Å². The maximum atomic E-state index is 12.6. The molecule has 1 fully saturated rings. The fraction of sp³-hybridized carbons (Fsp3) is 0.300. The van der Waals surface area contributed by atoms with Crippen molar-refractivity contribution in [3.8, 4) is 17.6 Å². The molecule has 2 aromatic carbocycles. The number of carbonyl (C=O) groups excluding carboxylic acids is 1. The maximum absolute atomic E-state index is 12.6. The average molecular weight is 387 g/mol. The van der Waals surface area contributed by atoms with Crippen molar-refractivity contribution in [3.05, 3.63) is 53.6 Å². The largest absolute Gasteiger partial charge is 0.471 e. The number of nitriles is 1. The molecule has 0 aromatic heterocycles. The van der Waals surface area contributed by atoms with E-state index in [-0.39, 0.29) is 6.04 Å². The van der Waals surface area contributed by atoms with E-state index < -0.39 is 18.1 Å². The molecule has 2 aliphatic rings. The molecule has 28 heavy (non-hydrogen) atoms. The Hall–Kier alpha value is -3.21. The number of amides is 1. The number of alkyl halides is 3. The van der Waals surface area contributed by atoms with Gasteiger partial charge >= 0.3 is 12.1 Å². The Kier molecular flexibility index (Phi) is 4.38. The highest BCUT2D eigenvalue weighted by Gasteiger charge is 2.42. The van der Waals surface area contributed by atoms with Crippen molar-refractivity contribution in [1.29, 1.82) is 5.26 Å². The molecule has 0 bridgehead atoms. The van der Waals surface area contributed by atoms with E-state index in [9.17, 15) is 23.2 Å². The summed E-state index contributed by atoms with van der Waals surface area (Å²) in [4.78, 5) is 13.4. The van der Waals surface area contributed by atoms with E-state index in [0.717, 1.165) is 11.3 Å². The minimum Gasteiger partial charge on any atom is -0.455 e. The number of para-hydroxylation sites is 1. The summed E-state index contributed by atoms with van der Waals surface area (Å²) in [7, 11) is 0. The Balaban J connectivity index is 1.70. The summed E-state index contributed by atoms with van der Waals surface area (Å²) in [5.74, 6) is -0.788.